The van der Waals surface area contributed by atoms with Gasteiger partial charge in [0.1, 0.15) is 6.61 Å². The van der Waals surface area contributed by atoms with Crippen LogP contribution in [0.4, 0.5) is 0 Å². The molecule has 3 N–H and O–H groups in total. The molecule has 0 saturated heterocycles. The minimum Gasteiger partial charge on any atom is -0.463 e. The van der Waals surface area contributed by atoms with Crippen LogP contribution in [0.3, 0.4) is 0 Å². The lowest BCUT2D eigenvalue weighted by molar-refractivity contribution is -0.161. The lowest BCUT2D eigenvalue weighted by Crippen LogP contribution is -2.29. The molecule has 0 amide bonds. The van der Waals surface area contributed by atoms with Gasteiger partial charge in [-0.2, -0.15) is 0 Å². The van der Waals surface area contributed by atoms with Crippen molar-refractivity contribution in [3.05, 3.63) is 12.7 Å². The molecule has 0 spiro atoms. The number of hydrogen-bond donors (Lipinski definition) is 2. The van der Waals surface area contributed by atoms with E-state index in [1.165, 1.54) is 70.3 Å². The Bertz CT molecular complexity index is 872. The monoisotopic (exact) mass is 719 g/mol. The molecule has 0 aromatic rings. The van der Waals surface area contributed by atoms with Crippen molar-refractivity contribution in [1.82, 2.24) is 0 Å². The van der Waals surface area contributed by atoms with Gasteiger partial charge in [-0.25, -0.2) is 9.36 Å². The summed E-state index contributed by atoms with van der Waals surface area (Å²) in [7, 11) is -4.39. The minimum absolute atomic E-state index is 0.0414. The molecule has 11 nitrogen and oxygen atoms in total. The first kappa shape index (κ1) is 47.2. The summed E-state index contributed by atoms with van der Waals surface area (Å²) in [4.78, 5) is 45.7. The summed E-state index contributed by atoms with van der Waals surface area (Å²) in [6.07, 6.45) is 26.5. The Kier molecular flexibility index (Phi) is 33.4. The topological polar surface area (TPSA) is 161 Å². The van der Waals surface area contributed by atoms with E-state index in [-0.39, 0.29) is 38.6 Å². The molecule has 0 saturated carbocycles. The van der Waals surface area contributed by atoms with Crippen LogP contribution >= 0.6 is 7.82 Å². The number of esters is 3. The van der Waals surface area contributed by atoms with Gasteiger partial charge in [-0.1, -0.05) is 142 Å². The van der Waals surface area contributed by atoms with E-state index in [0.717, 1.165) is 77.0 Å². The second kappa shape index (κ2) is 34.7. The highest BCUT2D eigenvalue weighted by molar-refractivity contribution is 7.47. The Hall–Kier alpha value is -1.78. The summed E-state index contributed by atoms with van der Waals surface area (Å²) < 4.78 is 37.6. The van der Waals surface area contributed by atoms with E-state index in [1.54, 1.807) is 0 Å². The summed E-state index contributed by atoms with van der Waals surface area (Å²) in [5.74, 6) is -1.25. The first-order valence-corrected chi connectivity index (χ1v) is 20.7. The first-order valence-electron chi connectivity index (χ1n) is 19.2. The summed E-state index contributed by atoms with van der Waals surface area (Å²) in [6.45, 7) is 5.22. The molecule has 288 valence electrons. The van der Waals surface area contributed by atoms with E-state index < -0.39 is 32.5 Å². The van der Waals surface area contributed by atoms with Gasteiger partial charge in [0.2, 0.25) is 0 Å². The van der Waals surface area contributed by atoms with E-state index in [1.807, 2.05) is 0 Å². The van der Waals surface area contributed by atoms with Gasteiger partial charge in [0.15, 0.2) is 6.10 Å². The maximum atomic E-state index is 12.5. The quantitative estimate of drug-likeness (QED) is 0.0207. The van der Waals surface area contributed by atoms with Crippen LogP contribution in [0.25, 0.3) is 0 Å². The Balaban J connectivity index is 4.17. The van der Waals surface area contributed by atoms with Gasteiger partial charge < -0.3 is 24.8 Å². The number of unbranched alkanes of at least 4 members (excludes halogenated alkanes) is 21. The zero-order chi connectivity index (χ0) is 36.3. The Morgan fingerprint density at radius 3 is 1.55 bits per heavy atom. The van der Waals surface area contributed by atoms with Crippen LogP contribution in [-0.4, -0.2) is 61.9 Å². The molecule has 0 aliphatic rings. The predicted octanol–water partition coefficient (Wildman–Crippen LogP) is 9.04. The number of nitrogens with two attached hydrogens (primary N) is 1. The second-order valence-electron chi connectivity index (χ2n) is 12.8. The fraction of sp³-hybridized carbons (Fsp3) is 0.865. The molecule has 0 radical (unpaired) electrons. The van der Waals surface area contributed by atoms with Crippen molar-refractivity contribution in [1.29, 1.82) is 0 Å². The molecule has 0 rings (SSSR count). The van der Waals surface area contributed by atoms with Gasteiger partial charge in [-0.15, -0.1) is 0 Å². The highest BCUT2D eigenvalue weighted by atomic mass is 31.2. The van der Waals surface area contributed by atoms with Crippen molar-refractivity contribution in [3.8, 4) is 0 Å². The van der Waals surface area contributed by atoms with Crippen LogP contribution in [0.2, 0.25) is 0 Å². The van der Waals surface area contributed by atoms with Gasteiger partial charge >= 0.3 is 25.7 Å². The molecule has 12 heteroatoms. The predicted molar refractivity (Wildman–Crippen MR) is 194 cm³/mol. The zero-order valence-corrected chi connectivity index (χ0v) is 31.6. The van der Waals surface area contributed by atoms with Gasteiger partial charge in [0.05, 0.1) is 19.8 Å². The van der Waals surface area contributed by atoms with Crippen LogP contribution in [0.5, 0.6) is 0 Å². The number of carbonyl (C=O) groups is 3. The molecule has 0 fully saturated rings. The van der Waals surface area contributed by atoms with E-state index in [4.69, 9.17) is 29.0 Å². The summed E-state index contributed by atoms with van der Waals surface area (Å²) >= 11 is 0. The molecular formula is C37H70NO10P. The third-order valence-corrected chi connectivity index (χ3v) is 9.18. The number of ether oxygens (including phenoxy) is 3. The second-order valence-corrected chi connectivity index (χ2v) is 14.3. The molecule has 0 aliphatic heterocycles. The molecular weight excluding hydrogens is 649 g/mol. The van der Waals surface area contributed by atoms with Crippen LogP contribution in [-0.2, 0) is 42.2 Å². The lowest BCUT2D eigenvalue weighted by atomic mass is 10.0. The normalized spacial score (nSPS) is 13.0. The number of hydrogen-bond acceptors (Lipinski definition) is 10. The van der Waals surface area contributed by atoms with Gasteiger partial charge in [-0.05, 0) is 19.3 Å². The van der Waals surface area contributed by atoms with Crippen molar-refractivity contribution in [2.24, 2.45) is 5.73 Å². The molecule has 2 unspecified atom stereocenters. The average molecular weight is 720 g/mol. The molecule has 0 bridgehead atoms. The van der Waals surface area contributed by atoms with Crippen molar-refractivity contribution in [2.75, 3.05) is 33.0 Å². The fourth-order valence-corrected chi connectivity index (χ4v) is 6.07. The van der Waals surface area contributed by atoms with Crippen molar-refractivity contribution >= 4 is 25.7 Å². The molecule has 49 heavy (non-hydrogen) atoms. The smallest absolute Gasteiger partial charge is 0.463 e. The first-order chi connectivity index (χ1) is 23.7. The minimum atomic E-state index is -4.39. The summed E-state index contributed by atoms with van der Waals surface area (Å²) in [5.41, 5.74) is 5.32. The highest BCUT2D eigenvalue weighted by Crippen LogP contribution is 2.43. The number of rotatable bonds is 37. The van der Waals surface area contributed by atoms with Crippen LogP contribution in [0, 0.1) is 0 Å². The van der Waals surface area contributed by atoms with Crippen LogP contribution in [0.15, 0.2) is 12.7 Å². The van der Waals surface area contributed by atoms with Crippen LogP contribution in [0.1, 0.15) is 167 Å². The maximum Gasteiger partial charge on any atom is 0.472 e. The number of phosphoric ester groups is 1. The van der Waals surface area contributed by atoms with Crippen molar-refractivity contribution < 1.29 is 47.1 Å². The van der Waals surface area contributed by atoms with E-state index in [2.05, 4.69) is 13.5 Å². The van der Waals surface area contributed by atoms with Crippen molar-refractivity contribution in [3.63, 3.8) is 0 Å². The largest absolute Gasteiger partial charge is 0.472 e. The number of carbonyl (C=O) groups excluding carboxylic acids is 3. The zero-order valence-electron chi connectivity index (χ0n) is 30.7. The number of phosphoric acid groups is 1. The van der Waals surface area contributed by atoms with Gasteiger partial charge in [0, 0.05) is 25.5 Å². The maximum absolute atomic E-state index is 12.5. The standard InChI is InChI=1S/C37H70NO10P/c1-3-5-6-7-8-9-10-11-12-15-18-21-24-27-36(40)45-32-34(33-47-49(42,43)46-31-29-38)48-37(41)28-25-22-19-16-13-14-17-20-23-26-30-44-35(39)4-2/h4,34H,2-3,5-33,38H2,1H3,(H,42,43). The molecule has 0 heterocycles. The fourth-order valence-electron chi connectivity index (χ4n) is 5.31. The summed E-state index contributed by atoms with van der Waals surface area (Å²) in [5, 5.41) is 0. The third kappa shape index (κ3) is 34.4. The molecule has 2 atom stereocenters. The SMILES string of the molecule is C=CC(=O)OCCCCCCCCCCCCC(=O)OC(COC(=O)CCCCCCCCCCCCCCC)COP(=O)(O)OCCN. The van der Waals surface area contributed by atoms with E-state index in [9.17, 15) is 23.8 Å². The van der Waals surface area contributed by atoms with E-state index in [0.29, 0.717) is 13.0 Å². The Labute approximate surface area is 297 Å². The molecule has 0 aliphatic carbocycles. The van der Waals surface area contributed by atoms with Crippen molar-refractivity contribution in [2.45, 2.75) is 174 Å². The Morgan fingerprint density at radius 1 is 0.633 bits per heavy atom. The summed E-state index contributed by atoms with van der Waals surface area (Å²) in [6, 6.07) is 0. The van der Waals surface area contributed by atoms with Crippen LogP contribution < -0.4 is 5.73 Å². The van der Waals surface area contributed by atoms with Gasteiger partial charge in [0.25, 0.3) is 0 Å². The lowest BCUT2D eigenvalue weighted by Gasteiger charge is -2.19. The third-order valence-electron chi connectivity index (χ3n) is 8.19. The Morgan fingerprint density at radius 2 is 1.08 bits per heavy atom. The average Bonchev–Trinajstić information content (AvgIpc) is 3.09. The van der Waals surface area contributed by atoms with Gasteiger partial charge in [-0.3, -0.25) is 18.6 Å². The van der Waals surface area contributed by atoms with E-state index >= 15 is 0 Å². The molecule has 0 aromatic heterocycles. The highest BCUT2D eigenvalue weighted by Gasteiger charge is 2.26. The molecule has 0 aromatic carbocycles.